The predicted octanol–water partition coefficient (Wildman–Crippen LogP) is 4.22. The molecule has 2 aromatic carbocycles. The molecule has 1 N–H and O–H groups in total. The number of carbonyl (C=O) groups is 2. The number of carboxylic acid groups (broad SMARTS) is 1. The van der Waals surface area contributed by atoms with Crippen LogP contribution in [0.3, 0.4) is 0 Å². The highest BCUT2D eigenvalue weighted by Crippen LogP contribution is 2.32. The molecule has 1 atom stereocenters. The van der Waals surface area contributed by atoms with Crippen LogP contribution < -0.4 is 0 Å². The van der Waals surface area contributed by atoms with E-state index in [0.717, 1.165) is 11.1 Å². The van der Waals surface area contributed by atoms with Crippen molar-refractivity contribution in [2.45, 2.75) is 38.8 Å². The molecule has 1 aliphatic heterocycles. The summed E-state index contributed by atoms with van der Waals surface area (Å²) in [5.74, 6) is -0.962. The van der Waals surface area contributed by atoms with Crippen LogP contribution in [-0.4, -0.2) is 59.2 Å². The van der Waals surface area contributed by atoms with E-state index in [9.17, 15) is 14.7 Å². The van der Waals surface area contributed by atoms with Crippen LogP contribution in [0.25, 0.3) is 10.9 Å². The summed E-state index contributed by atoms with van der Waals surface area (Å²) in [6.45, 7) is 4.51. The number of carbonyl (C=O) groups excluding carboxylic acids is 1. The van der Waals surface area contributed by atoms with E-state index in [1.165, 1.54) is 4.90 Å². The Morgan fingerprint density at radius 3 is 2.42 bits per heavy atom. The quantitative estimate of drug-likeness (QED) is 0.602. The maximum absolute atomic E-state index is 12.4. The van der Waals surface area contributed by atoms with Gasteiger partial charge in [-0.3, -0.25) is 0 Å². The summed E-state index contributed by atoms with van der Waals surface area (Å²) in [5, 5.41) is 10.4. The molecule has 1 fully saturated rings. The van der Waals surface area contributed by atoms with E-state index in [2.05, 4.69) is 0 Å². The lowest BCUT2D eigenvalue weighted by molar-refractivity contribution is -0.217. The Morgan fingerprint density at radius 1 is 1.12 bits per heavy atom. The fraction of sp³-hybridized carbons (Fsp3) is 0.360. The Morgan fingerprint density at radius 2 is 1.76 bits per heavy atom. The molecule has 0 saturated carbocycles. The number of nitrogens with zero attached hydrogens (tertiary/aromatic N) is 2. The van der Waals surface area contributed by atoms with E-state index in [0.29, 0.717) is 11.1 Å². The first kappa shape index (κ1) is 22.8. The van der Waals surface area contributed by atoms with Crippen molar-refractivity contribution in [3.8, 4) is 0 Å². The normalized spacial score (nSPS) is 19.2. The van der Waals surface area contributed by atoms with Crippen LogP contribution in [0.4, 0.5) is 4.79 Å². The van der Waals surface area contributed by atoms with E-state index in [-0.39, 0.29) is 37.5 Å². The molecule has 1 aliphatic rings. The van der Waals surface area contributed by atoms with Crippen molar-refractivity contribution in [1.29, 1.82) is 0 Å². The van der Waals surface area contributed by atoms with Crippen LogP contribution in [-0.2, 0) is 20.8 Å². The molecule has 2 heterocycles. The first-order valence-electron chi connectivity index (χ1n) is 10.9. The van der Waals surface area contributed by atoms with E-state index in [1.54, 1.807) is 14.0 Å². The number of aromatic carboxylic acids is 1. The number of carboxylic acids is 1. The number of benzene rings is 2. The SMILES string of the molecule is Cc1c(C(=O)O)c2ccccc2n1C(C)C1OCC(N(C)C(=O)OCc2ccccc2)CO1. The number of aromatic nitrogens is 1. The summed E-state index contributed by atoms with van der Waals surface area (Å²) in [4.78, 5) is 25.8. The molecule has 33 heavy (non-hydrogen) atoms. The number of ether oxygens (including phenoxy) is 3. The smallest absolute Gasteiger partial charge is 0.410 e. The van der Waals surface area contributed by atoms with Gasteiger partial charge in [-0.2, -0.15) is 0 Å². The molecule has 3 aromatic rings. The van der Waals surface area contributed by atoms with Crippen molar-refractivity contribution in [2.24, 2.45) is 0 Å². The van der Waals surface area contributed by atoms with Crippen molar-refractivity contribution in [1.82, 2.24) is 9.47 Å². The molecular weight excluding hydrogens is 424 g/mol. The predicted molar refractivity (Wildman–Crippen MR) is 122 cm³/mol. The van der Waals surface area contributed by atoms with Gasteiger partial charge < -0.3 is 28.8 Å². The minimum absolute atomic E-state index is 0.198. The van der Waals surface area contributed by atoms with Gasteiger partial charge in [0.2, 0.25) is 0 Å². The van der Waals surface area contributed by atoms with E-state index in [1.807, 2.05) is 66.1 Å². The largest absolute Gasteiger partial charge is 0.478 e. The van der Waals surface area contributed by atoms with Gasteiger partial charge in [0.25, 0.3) is 0 Å². The molecule has 1 amide bonds. The number of fused-ring (bicyclic) bond motifs is 1. The van der Waals surface area contributed by atoms with Crippen LogP contribution in [0.15, 0.2) is 54.6 Å². The molecule has 8 nitrogen and oxygen atoms in total. The van der Waals surface area contributed by atoms with Gasteiger partial charge in [0, 0.05) is 23.6 Å². The van der Waals surface area contributed by atoms with E-state index in [4.69, 9.17) is 14.2 Å². The first-order chi connectivity index (χ1) is 15.9. The van der Waals surface area contributed by atoms with Crippen molar-refractivity contribution < 1.29 is 28.9 Å². The molecule has 0 radical (unpaired) electrons. The van der Waals surface area contributed by atoms with Gasteiger partial charge >= 0.3 is 12.1 Å². The molecule has 0 aliphatic carbocycles. The number of hydrogen-bond acceptors (Lipinski definition) is 5. The number of hydrogen-bond donors (Lipinski definition) is 1. The van der Waals surface area contributed by atoms with Crippen molar-refractivity contribution in [3.63, 3.8) is 0 Å². The third-order valence-corrected chi connectivity index (χ3v) is 6.12. The van der Waals surface area contributed by atoms with Gasteiger partial charge in [-0.25, -0.2) is 9.59 Å². The molecular formula is C25H28N2O6. The number of likely N-dealkylation sites (N-methyl/N-ethyl adjacent to an activating group) is 1. The number of para-hydroxylation sites is 1. The highest BCUT2D eigenvalue weighted by atomic mass is 16.7. The minimum atomic E-state index is -0.962. The summed E-state index contributed by atoms with van der Waals surface area (Å²) in [6, 6.07) is 16.4. The highest BCUT2D eigenvalue weighted by Gasteiger charge is 2.33. The van der Waals surface area contributed by atoms with Gasteiger partial charge in [-0.05, 0) is 25.5 Å². The van der Waals surface area contributed by atoms with Crippen molar-refractivity contribution >= 4 is 23.0 Å². The lowest BCUT2D eigenvalue weighted by atomic mass is 10.1. The fourth-order valence-corrected chi connectivity index (χ4v) is 4.29. The Bertz CT molecular complexity index is 1130. The Kier molecular flexibility index (Phi) is 6.67. The van der Waals surface area contributed by atoms with Gasteiger partial charge in [-0.15, -0.1) is 0 Å². The highest BCUT2D eigenvalue weighted by molar-refractivity contribution is 6.05. The first-order valence-corrected chi connectivity index (χ1v) is 10.9. The molecule has 1 unspecified atom stereocenters. The molecule has 8 heteroatoms. The van der Waals surface area contributed by atoms with Crippen LogP contribution in [0.2, 0.25) is 0 Å². The van der Waals surface area contributed by atoms with Crippen LogP contribution in [0, 0.1) is 6.92 Å². The van der Waals surface area contributed by atoms with Gasteiger partial charge in [-0.1, -0.05) is 48.5 Å². The summed E-state index contributed by atoms with van der Waals surface area (Å²) in [6.07, 6.45) is -1.02. The third kappa shape index (κ3) is 4.58. The zero-order valence-electron chi connectivity index (χ0n) is 18.9. The molecule has 1 saturated heterocycles. The average Bonchev–Trinajstić information content (AvgIpc) is 3.14. The van der Waals surface area contributed by atoms with E-state index >= 15 is 0 Å². The van der Waals surface area contributed by atoms with Gasteiger partial charge in [0.1, 0.15) is 6.61 Å². The Labute approximate surface area is 192 Å². The maximum Gasteiger partial charge on any atom is 0.410 e. The van der Waals surface area contributed by atoms with E-state index < -0.39 is 18.4 Å². The van der Waals surface area contributed by atoms with Crippen molar-refractivity contribution in [3.05, 3.63) is 71.4 Å². The lowest BCUT2D eigenvalue weighted by Gasteiger charge is -2.37. The Balaban J connectivity index is 1.40. The lowest BCUT2D eigenvalue weighted by Crippen LogP contribution is -2.49. The Hall–Kier alpha value is -3.36. The summed E-state index contributed by atoms with van der Waals surface area (Å²) in [7, 11) is 1.66. The van der Waals surface area contributed by atoms with Gasteiger partial charge in [0.15, 0.2) is 6.29 Å². The second kappa shape index (κ2) is 9.64. The third-order valence-electron chi connectivity index (χ3n) is 6.12. The second-order valence-corrected chi connectivity index (χ2v) is 8.23. The monoisotopic (exact) mass is 452 g/mol. The molecule has 1 aromatic heterocycles. The summed E-state index contributed by atoms with van der Waals surface area (Å²) >= 11 is 0. The second-order valence-electron chi connectivity index (χ2n) is 8.23. The van der Waals surface area contributed by atoms with Crippen LogP contribution in [0.1, 0.15) is 34.6 Å². The van der Waals surface area contributed by atoms with Gasteiger partial charge in [0.05, 0.1) is 30.9 Å². The number of rotatable bonds is 6. The number of amides is 1. The van der Waals surface area contributed by atoms with Crippen molar-refractivity contribution in [2.75, 3.05) is 20.3 Å². The topological polar surface area (TPSA) is 90.2 Å². The maximum atomic E-state index is 12.4. The molecule has 0 bridgehead atoms. The summed E-state index contributed by atoms with van der Waals surface area (Å²) in [5.41, 5.74) is 2.66. The zero-order valence-corrected chi connectivity index (χ0v) is 18.9. The summed E-state index contributed by atoms with van der Waals surface area (Å²) < 4.78 is 19.3. The molecule has 174 valence electrons. The fourth-order valence-electron chi connectivity index (χ4n) is 4.29. The molecule has 4 rings (SSSR count). The zero-order chi connectivity index (χ0) is 23.5. The van der Waals surface area contributed by atoms with Crippen LogP contribution >= 0.6 is 0 Å². The average molecular weight is 453 g/mol. The standard InChI is InChI=1S/C25H28N2O6/c1-16-22(23(28)29)20-11-7-8-12-21(20)27(16)17(2)24-31-14-19(15-32-24)26(3)25(30)33-13-18-9-5-4-6-10-18/h4-12,17,19,24H,13-15H2,1-3H3,(H,28,29). The molecule has 0 spiro atoms. The minimum Gasteiger partial charge on any atom is -0.478 e. The van der Waals surface area contributed by atoms with Crippen LogP contribution in [0.5, 0.6) is 0 Å².